The van der Waals surface area contributed by atoms with Crippen molar-refractivity contribution >= 4 is 33.6 Å². The minimum absolute atomic E-state index is 0.0652. The molecule has 3 heterocycles. The zero-order chi connectivity index (χ0) is 25.3. The number of aliphatic carboxylic acids is 1. The summed E-state index contributed by atoms with van der Waals surface area (Å²) in [6.45, 7) is 7.82. The van der Waals surface area contributed by atoms with Gasteiger partial charge < -0.3 is 20.3 Å². The number of ether oxygens (including phenoxy) is 1. The second kappa shape index (κ2) is 9.50. The lowest BCUT2D eigenvalue weighted by Crippen LogP contribution is -2.10. The van der Waals surface area contributed by atoms with E-state index in [1.807, 2.05) is 56.6 Å². The number of pyridine rings is 2. The van der Waals surface area contributed by atoms with E-state index in [1.54, 1.807) is 20.8 Å². The van der Waals surface area contributed by atoms with Crippen LogP contribution in [0.1, 0.15) is 37.5 Å². The number of rotatable bonds is 4. The summed E-state index contributed by atoms with van der Waals surface area (Å²) >= 11 is 0. The number of aryl methyl sites for hydroxylation is 1. The van der Waals surface area contributed by atoms with Gasteiger partial charge in [-0.2, -0.15) is 0 Å². The topological polar surface area (TPSA) is 105 Å². The Morgan fingerprint density at radius 3 is 2.60 bits per heavy atom. The SMILES string of the molecule is CC(C)(C)O.CNc1ccc2c(-c3ccc4c5c(ccnc35)CCO4)c(CC(=O)O)c(C)cc2n1. The lowest BCUT2D eigenvalue weighted by Gasteiger charge is -2.21. The van der Waals surface area contributed by atoms with Gasteiger partial charge in [-0.3, -0.25) is 9.78 Å². The molecule has 0 fully saturated rings. The standard InChI is InChI=1S/C24H21N3O3.C4H10O/c1-13-11-18-15(4-6-20(25-2)27-18)23(17(13)12-21(28)29)16-3-5-19-22-14(8-10-30-19)7-9-26-24(16)22;1-4(2,3)5/h3-7,9,11H,8,10,12H2,1-2H3,(H,25,27)(H,28,29);5H,1-3H3. The first-order valence-electron chi connectivity index (χ1n) is 11.7. The van der Waals surface area contributed by atoms with Gasteiger partial charge in [0.25, 0.3) is 0 Å². The van der Waals surface area contributed by atoms with Gasteiger partial charge in [0.15, 0.2) is 0 Å². The molecule has 0 saturated carbocycles. The van der Waals surface area contributed by atoms with Crippen molar-refractivity contribution in [3.05, 3.63) is 59.3 Å². The molecule has 1 aliphatic rings. The number of aliphatic hydroxyl groups is 1. The van der Waals surface area contributed by atoms with Crippen LogP contribution in [0.5, 0.6) is 5.75 Å². The summed E-state index contributed by atoms with van der Waals surface area (Å²) < 4.78 is 5.87. The highest BCUT2D eigenvalue weighted by Gasteiger charge is 2.22. The number of fused-ring (bicyclic) bond motifs is 1. The fourth-order valence-electron chi connectivity index (χ4n) is 4.38. The maximum Gasteiger partial charge on any atom is 0.307 e. The van der Waals surface area contributed by atoms with Crippen LogP contribution < -0.4 is 10.1 Å². The monoisotopic (exact) mass is 473 g/mol. The van der Waals surface area contributed by atoms with Crippen molar-refractivity contribution in [2.24, 2.45) is 0 Å². The van der Waals surface area contributed by atoms with Crippen LogP contribution in [-0.4, -0.2) is 45.4 Å². The van der Waals surface area contributed by atoms with Gasteiger partial charge >= 0.3 is 5.97 Å². The zero-order valence-electron chi connectivity index (χ0n) is 20.8. The highest BCUT2D eigenvalue weighted by molar-refractivity contribution is 6.08. The Morgan fingerprint density at radius 2 is 1.91 bits per heavy atom. The van der Waals surface area contributed by atoms with Gasteiger partial charge in [-0.1, -0.05) is 0 Å². The highest BCUT2D eigenvalue weighted by atomic mass is 16.5. The Morgan fingerprint density at radius 1 is 1.17 bits per heavy atom. The van der Waals surface area contributed by atoms with Gasteiger partial charge in [-0.25, -0.2) is 4.98 Å². The van der Waals surface area contributed by atoms with E-state index in [1.165, 1.54) is 5.56 Å². The van der Waals surface area contributed by atoms with E-state index in [4.69, 9.17) is 19.8 Å². The van der Waals surface area contributed by atoms with Crippen molar-refractivity contribution < 1.29 is 19.7 Å². The summed E-state index contributed by atoms with van der Waals surface area (Å²) in [5, 5.41) is 23.1. The van der Waals surface area contributed by atoms with Crippen LogP contribution in [0.3, 0.4) is 0 Å². The van der Waals surface area contributed by atoms with Crippen LogP contribution in [0, 0.1) is 6.92 Å². The Kier molecular flexibility index (Phi) is 6.63. The first-order chi connectivity index (χ1) is 16.6. The first-order valence-corrected chi connectivity index (χ1v) is 11.7. The van der Waals surface area contributed by atoms with Gasteiger partial charge in [-0.15, -0.1) is 0 Å². The van der Waals surface area contributed by atoms with E-state index >= 15 is 0 Å². The molecule has 35 heavy (non-hydrogen) atoms. The highest BCUT2D eigenvalue weighted by Crippen LogP contribution is 2.42. The van der Waals surface area contributed by atoms with Crippen molar-refractivity contribution in [1.29, 1.82) is 0 Å². The molecule has 7 heteroatoms. The smallest absolute Gasteiger partial charge is 0.307 e. The fraction of sp³-hybridized carbons (Fsp3) is 0.321. The number of aromatic nitrogens is 2. The number of carbonyl (C=O) groups is 1. The molecule has 0 amide bonds. The second-order valence-corrected chi connectivity index (χ2v) is 9.70. The Hall–Kier alpha value is -3.71. The zero-order valence-corrected chi connectivity index (χ0v) is 20.8. The van der Waals surface area contributed by atoms with Crippen molar-refractivity contribution in [2.45, 2.75) is 46.1 Å². The summed E-state index contributed by atoms with van der Waals surface area (Å²) in [4.78, 5) is 21.1. The van der Waals surface area contributed by atoms with E-state index in [0.717, 1.165) is 62.0 Å². The maximum atomic E-state index is 11.7. The van der Waals surface area contributed by atoms with Crippen LogP contribution in [0.15, 0.2) is 42.6 Å². The Balaban J connectivity index is 0.000000527. The van der Waals surface area contributed by atoms with Crippen LogP contribution in [0.2, 0.25) is 0 Å². The third-order valence-electron chi connectivity index (χ3n) is 5.75. The Bertz CT molecular complexity index is 1410. The van der Waals surface area contributed by atoms with E-state index in [0.29, 0.717) is 6.61 Å². The molecule has 0 spiro atoms. The number of benzene rings is 2. The van der Waals surface area contributed by atoms with E-state index in [9.17, 15) is 9.90 Å². The van der Waals surface area contributed by atoms with Crippen molar-refractivity contribution in [1.82, 2.24) is 9.97 Å². The van der Waals surface area contributed by atoms with E-state index < -0.39 is 11.6 Å². The molecule has 2 aromatic carbocycles. The molecular formula is C28H31N3O4. The number of nitrogens with zero attached hydrogens (tertiary/aromatic N) is 2. The molecule has 0 aliphatic carbocycles. The fourth-order valence-corrected chi connectivity index (χ4v) is 4.38. The summed E-state index contributed by atoms with van der Waals surface area (Å²) in [6.07, 6.45) is 2.59. The molecule has 2 aromatic heterocycles. The molecular weight excluding hydrogens is 442 g/mol. The van der Waals surface area contributed by atoms with Crippen LogP contribution in [-0.2, 0) is 17.6 Å². The minimum atomic E-state index is -0.863. The third kappa shape index (κ3) is 5.20. The average Bonchev–Trinajstić information content (AvgIpc) is 2.79. The molecule has 4 aromatic rings. The maximum absolute atomic E-state index is 11.7. The number of hydrogen-bond donors (Lipinski definition) is 3. The van der Waals surface area contributed by atoms with Crippen LogP contribution in [0.4, 0.5) is 5.82 Å². The lowest BCUT2D eigenvalue weighted by atomic mass is 9.88. The van der Waals surface area contributed by atoms with Crippen molar-refractivity contribution in [2.75, 3.05) is 19.0 Å². The van der Waals surface area contributed by atoms with Gasteiger partial charge in [-0.05, 0) is 86.3 Å². The van der Waals surface area contributed by atoms with Gasteiger partial charge in [0.1, 0.15) is 11.6 Å². The third-order valence-corrected chi connectivity index (χ3v) is 5.75. The largest absolute Gasteiger partial charge is 0.493 e. The average molecular weight is 474 g/mol. The molecule has 0 atom stereocenters. The van der Waals surface area contributed by atoms with Gasteiger partial charge in [0.2, 0.25) is 0 Å². The number of anilines is 1. The van der Waals surface area contributed by atoms with E-state index in [2.05, 4.69) is 5.32 Å². The van der Waals surface area contributed by atoms with Crippen molar-refractivity contribution in [3.63, 3.8) is 0 Å². The summed E-state index contributed by atoms with van der Waals surface area (Å²) in [6, 6.07) is 11.9. The molecule has 7 nitrogen and oxygen atoms in total. The normalized spacial score (nSPS) is 12.6. The molecule has 182 valence electrons. The molecule has 0 radical (unpaired) electrons. The second-order valence-electron chi connectivity index (χ2n) is 9.70. The van der Waals surface area contributed by atoms with Crippen molar-refractivity contribution in [3.8, 4) is 16.9 Å². The summed E-state index contributed by atoms with van der Waals surface area (Å²) in [7, 11) is 1.83. The van der Waals surface area contributed by atoms with Crippen LogP contribution in [0.25, 0.3) is 32.9 Å². The molecule has 1 aliphatic heterocycles. The molecule has 0 bridgehead atoms. The lowest BCUT2D eigenvalue weighted by molar-refractivity contribution is -0.136. The quantitative estimate of drug-likeness (QED) is 0.377. The van der Waals surface area contributed by atoms with Crippen LogP contribution >= 0.6 is 0 Å². The summed E-state index contributed by atoms with van der Waals surface area (Å²) in [5.41, 5.74) is 5.83. The predicted octanol–water partition coefficient (Wildman–Crippen LogP) is 5.14. The first kappa shape index (κ1) is 24.4. The molecule has 5 rings (SSSR count). The number of carboxylic acids is 1. The predicted molar refractivity (Wildman–Crippen MR) is 139 cm³/mol. The number of hydrogen-bond acceptors (Lipinski definition) is 6. The molecule has 0 saturated heterocycles. The number of nitrogens with one attached hydrogen (secondary N) is 1. The van der Waals surface area contributed by atoms with E-state index in [-0.39, 0.29) is 6.42 Å². The molecule has 3 N–H and O–H groups in total. The van der Waals surface area contributed by atoms with Gasteiger partial charge in [0.05, 0.1) is 29.7 Å². The Labute approximate surface area is 204 Å². The van der Waals surface area contributed by atoms with Gasteiger partial charge in [0, 0.05) is 36.0 Å². The minimum Gasteiger partial charge on any atom is -0.493 e. The number of carboxylic acid groups (broad SMARTS) is 1. The summed E-state index contributed by atoms with van der Waals surface area (Å²) in [5.74, 6) is 0.732. The molecule has 0 unspecified atom stereocenters.